The average Bonchev–Trinajstić information content (AvgIpc) is 2.99. The molecule has 1 saturated carbocycles. The Morgan fingerprint density at radius 2 is 2.14 bits per heavy atom. The van der Waals surface area contributed by atoms with Crippen LogP contribution >= 0.6 is 0 Å². The number of rotatable bonds is 4. The van der Waals surface area contributed by atoms with E-state index in [0.717, 1.165) is 6.61 Å². The molecule has 0 bridgehead atoms. The van der Waals surface area contributed by atoms with Crippen molar-refractivity contribution in [1.29, 1.82) is 0 Å². The number of hydrogen-bond acceptors (Lipinski definition) is 3. The molecule has 1 aromatic rings. The van der Waals surface area contributed by atoms with Gasteiger partial charge in [-0.25, -0.2) is 0 Å². The van der Waals surface area contributed by atoms with Crippen LogP contribution in [0.4, 0.5) is 0 Å². The molecule has 1 aromatic carbocycles. The van der Waals surface area contributed by atoms with Crippen LogP contribution in [-0.2, 0) is 0 Å². The van der Waals surface area contributed by atoms with Gasteiger partial charge in [0.1, 0.15) is 5.75 Å². The molecule has 2 N–H and O–H groups in total. The van der Waals surface area contributed by atoms with Crippen molar-refractivity contribution in [2.24, 2.45) is 5.92 Å². The van der Waals surface area contributed by atoms with Crippen LogP contribution in [-0.4, -0.2) is 23.8 Å². The van der Waals surface area contributed by atoms with Gasteiger partial charge in [-0.1, -0.05) is 12.1 Å². The van der Waals surface area contributed by atoms with Gasteiger partial charge in [0.2, 0.25) is 0 Å². The van der Waals surface area contributed by atoms with Crippen molar-refractivity contribution in [3.05, 3.63) is 24.3 Å². The van der Waals surface area contributed by atoms with Crippen LogP contribution < -0.4 is 10.2 Å². The quantitative estimate of drug-likeness (QED) is 0.667. The van der Waals surface area contributed by atoms with E-state index in [9.17, 15) is 0 Å². The van der Waals surface area contributed by atoms with Crippen LogP contribution in [0, 0.1) is 5.92 Å². The molecule has 74 valence electrons. The third kappa shape index (κ3) is 2.50. The fourth-order valence-electron chi connectivity index (χ4n) is 1.26. The fraction of sp³-hybridized carbons (Fsp3) is 0.400. The number of benzene rings is 1. The van der Waals surface area contributed by atoms with E-state index in [0.29, 0.717) is 17.1 Å². The van der Waals surface area contributed by atoms with Gasteiger partial charge in [0.05, 0.1) is 6.61 Å². The second kappa shape index (κ2) is 4.03. The van der Waals surface area contributed by atoms with Gasteiger partial charge in [-0.3, -0.25) is 0 Å². The van der Waals surface area contributed by atoms with Gasteiger partial charge in [0.25, 0.3) is 0 Å². The average molecular weight is 192 g/mol. The Kier molecular flexibility index (Phi) is 2.75. The van der Waals surface area contributed by atoms with Gasteiger partial charge in [0, 0.05) is 0 Å². The van der Waals surface area contributed by atoms with Crippen LogP contribution in [0.1, 0.15) is 12.8 Å². The van der Waals surface area contributed by atoms with Gasteiger partial charge >= 0.3 is 7.12 Å². The first-order valence-corrected chi connectivity index (χ1v) is 4.84. The van der Waals surface area contributed by atoms with E-state index in [1.165, 1.54) is 12.8 Å². The minimum absolute atomic E-state index is 0.471. The van der Waals surface area contributed by atoms with E-state index >= 15 is 0 Å². The number of hydrogen-bond donors (Lipinski definition) is 2. The highest BCUT2D eigenvalue weighted by molar-refractivity contribution is 6.58. The van der Waals surface area contributed by atoms with Crippen molar-refractivity contribution in [1.82, 2.24) is 0 Å². The van der Waals surface area contributed by atoms with Crippen molar-refractivity contribution >= 4 is 12.6 Å². The summed E-state index contributed by atoms with van der Waals surface area (Å²) in [5.74, 6) is 1.42. The second-order valence-electron chi connectivity index (χ2n) is 3.70. The normalized spacial score (nSPS) is 15.3. The highest BCUT2D eigenvalue weighted by atomic mass is 16.5. The van der Waals surface area contributed by atoms with Gasteiger partial charge in [-0.05, 0) is 36.4 Å². The molecule has 0 aliphatic heterocycles. The molecular weight excluding hydrogens is 179 g/mol. The Bertz CT molecular complexity index is 310. The van der Waals surface area contributed by atoms with E-state index in [1.54, 1.807) is 18.2 Å². The molecule has 2 rings (SSSR count). The molecule has 4 heteroatoms. The van der Waals surface area contributed by atoms with Gasteiger partial charge in [0.15, 0.2) is 0 Å². The van der Waals surface area contributed by atoms with Crippen LogP contribution in [0.2, 0.25) is 0 Å². The standard InChI is InChI=1S/C10H13BO3/c12-11(13)9-2-1-3-10(6-9)14-7-8-4-5-8/h1-3,6,8,12-13H,4-5,7H2. The van der Waals surface area contributed by atoms with Gasteiger partial charge < -0.3 is 14.8 Å². The molecule has 0 spiro atoms. The second-order valence-corrected chi connectivity index (χ2v) is 3.70. The Morgan fingerprint density at radius 1 is 1.36 bits per heavy atom. The van der Waals surface area contributed by atoms with Crippen LogP contribution in [0.3, 0.4) is 0 Å². The molecule has 1 fully saturated rings. The maximum Gasteiger partial charge on any atom is 0.488 e. The van der Waals surface area contributed by atoms with Crippen LogP contribution in [0.15, 0.2) is 24.3 Å². The molecular formula is C10H13BO3. The van der Waals surface area contributed by atoms with Crippen molar-refractivity contribution in [3.8, 4) is 5.75 Å². The molecule has 14 heavy (non-hydrogen) atoms. The lowest BCUT2D eigenvalue weighted by molar-refractivity contribution is 0.300. The minimum Gasteiger partial charge on any atom is -0.493 e. The summed E-state index contributed by atoms with van der Waals surface area (Å²) < 4.78 is 5.50. The lowest BCUT2D eigenvalue weighted by atomic mass is 9.80. The van der Waals surface area contributed by atoms with Crippen molar-refractivity contribution in [2.75, 3.05) is 6.61 Å². The summed E-state index contributed by atoms with van der Waals surface area (Å²) >= 11 is 0. The maximum absolute atomic E-state index is 8.94. The molecule has 0 saturated heterocycles. The summed E-state index contributed by atoms with van der Waals surface area (Å²) in [6, 6.07) is 6.91. The third-order valence-corrected chi connectivity index (χ3v) is 2.34. The highest BCUT2D eigenvalue weighted by Crippen LogP contribution is 2.29. The summed E-state index contributed by atoms with van der Waals surface area (Å²) in [6.45, 7) is 0.741. The van der Waals surface area contributed by atoms with E-state index < -0.39 is 7.12 Å². The predicted octanol–water partition coefficient (Wildman–Crippen LogP) is 0.155. The van der Waals surface area contributed by atoms with E-state index in [-0.39, 0.29) is 0 Å². The molecule has 0 aromatic heterocycles. The smallest absolute Gasteiger partial charge is 0.488 e. The summed E-state index contributed by atoms with van der Waals surface area (Å²) in [5, 5.41) is 17.9. The Labute approximate surface area is 83.5 Å². The molecule has 1 aliphatic carbocycles. The van der Waals surface area contributed by atoms with Gasteiger partial charge in [-0.15, -0.1) is 0 Å². The molecule has 0 heterocycles. The van der Waals surface area contributed by atoms with E-state index in [4.69, 9.17) is 14.8 Å². The molecule has 0 amide bonds. The first-order chi connectivity index (χ1) is 6.75. The molecule has 0 radical (unpaired) electrons. The zero-order valence-corrected chi connectivity index (χ0v) is 7.89. The minimum atomic E-state index is -1.42. The largest absolute Gasteiger partial charge is 0.493 e. The van der Waals surface area contributed by atoms with E-state index in [2.05, 4.69) is 0 Å². The summed E-state index contributed by atoms with van der Waals surface area (Å²) in [5.41, 5.74) is 0.471. The Morgan fingerprint density at radius 3 is 2.79 bits per heavy atom. The molecule has 0 unspecified atom stereocenters. The SMILES string of the molecule is OB(O)c1cccc(OCC2CC2)c1. The topological polar surface area (TPSA) is 49.7 Å². The molecule has 3 nitrogen and oxygen atoms in total. The summed E-state index contributed by atoms with van der Waals surface area (Å²) in [7, 11) is -1.42. The first-order valence-electron chi connectivity index (χ1n) is 4.84. The third-order valence-electron chi connectivity index (χ3n) is 2.34. The fourth-order valence-corrected chi connectivity index (χ4v) is 1.26. The predicted molar refractivity (Wildman–Crippen MR) is 54.5 cm³/mol. The van der Waals surface area contributed by atoms with Crippen molar-refractivity contribution in [2.45, 2.75) is 12.8 Å². The zero-order chi connectivity index (χ0) is 9.97. The van der Waals surface area contributed by atoms with Crippen LogP contribution in [0.25, 0.3) is 0 Å². The lowest BCUT2D eigenvalue weighted by Crippen LogP contribution is -2.29. The van der Waals surface area contributed by atoms with E-state index in [1.807, 2.05) is 6.07 Å². The first kappa shape index (κ1) is 9.56. The monoisotopic (exact) mass is 192 g/mol. The Balaban J connectivity index is 1.97. The van der Waals surface area contributed by atoms with Crippen molar-refractivity contribution < 1.29 is 14.8 Å². The van der Waals surface area contributed by atoms with Gasteiger partial charge in [-0.2, -0.15) is 0 Å². The maximum atomic E-state index is 8.94. The number of ether oxygens (including phenoxy) is 1. The molecule has 0 atom stereocenters. The van der Waals surface area contributed by atoms with Crippen LogP contribution in [0.5, 0.6) is 5.75 Å². The Hall–Kier alpha value is -0.995. The summed E-state index contributed by atoms with van der Waals surface area (Å²) in [6.07, 6.45) is 2.50. The lowest BCUT2D eigenvalue weighted by Gasteiger charge is -2.06. The zero-order valence-electron chi connectivity index (χ0n) is 7.89. The molecule has 1 aliphatic rings. The van der Waals surface area contributed by atoms with Crippen molar-refractivity contribution in [3.63, 3.8) is 0 Å². The highest BCUT2D eigenvalue weighted by Gasteiger charge is 2.22. The summed E-state index contributed by atoms with van der Waals surface area (Å²) in [4.78, 5) is 0.